The molecule has 0 aromatic heterocycles. The van der Waals surface area contributed by atoms with E-state index in [1.165, 1.54) is 0 Å². The van der Waals surface area contributed by atoms with Crippen molar-refractivity contribution in [2.24, 2.45) is 0 Å². The Labute approximate surface area is 264 Å². The van der Waals surface area contributed by atoms with Crippen molar-refractivity contribution in [1.29, 1.82) is 0 Å². The van der Waals surface area contributed by atoms with E-state index in [9.17, 15) is 24.0 Å². The number of ether oxygens (including phenoxy) is 3. The SMILES string of the molecule is CC(C)(C)OC(=O)CC[C@H](NC(=O)N[C@@H](CCCCCCCCCCCCC(=O)O)C(=O)OC(C)(C)C)C(=O)OC(C)(C)C. The zero-order chi connectivity index (χ0) is 34.0. The fraction of sp³-hybridized carbons (Fsp3) is 0.848. The number of urea groups is 1. The minimum absolute atomic E-state index is 0.0311. The molecule has 11 nitrogen and oxygen atoms in total. The lowest BCUT2D eigenvalue weighted by Gasteiger charge is -2.27. The molecule has 0 aromatic carbocycles. The Balaban J connectivity index is 5.02. The number of nitrogens with one attached hydrogen (secondary N) is 2. The summed E-state index contributed by atoms with van der Waals surface area (Å²) in [7, 11) is 0. The minimum atomic E-state index is -1.13. The molecule has 3 N–H and O–H groups in total. The van der Waals surface area contributed by atoms with Gasteiger partial charge in [-0.2, -0.15) is 0 Å². The van der Waals surface area contributed by atoms with Gasteiger partial charge in [0.05, 0.1) is 0 Å². The second-order valence-electron chi connectivity index (χ2n) is 14.4. The molecule has 0 rings (SSSR count). The molecule has 44 heavy (non-hydrogen) atoms. The van der Waals surface area contributed by atoms with E-state index >= 15 is 0 Å². The summed E-state index contributed by atoms with van der Waals surface area (Å²) in [6.45, 7) is 15.6. The molecule has 0 saturated heterocycles. The van der Waals surface area contributed by atoms with Crippen LogP contribution in [0.1, 0.15) is 152 Å². The van der Waals surface area contributed by atoms with Crippen LogP contribution in [0.4, 0.5) is 4.79 Å². The van der Waals surface area contributed by atoms with Crippen molar-refractivity contribution in [2.75, 3.05) is 0 Å². The van der Waals surface area contributed by atoms with Crippen LogP contribution in [0.5, 0.6) is 0 Å². The van der Waals surface area contributed by atoms with E-state index in [0.717, 1.165) is 57.8 Å². The molecule has 0 saturated carbocycles. The Morgan fingerprint density at radius 2 is 0.886 bits per heavy atom. The summed E-state index contributed by atoms with van der Waals surface area (Å²) in [6, 6.07) is -2.77. The smallest absolute Gasteiger partial charge is 0.329 e. The number of carbonyl (C=O) groups excluding carboxylic acids is 4. The Hall–Kier alpha value is -2.85. The zero-order valence-electron chi connectivity index (χ0n) is 28.8. The number of amides is 2. The average molecular weight is 629 g/mol. The molecular weight excluding hydrogens is 568 g/mol. The number of carboxylic acid groups (broad SMARTS) is 1. The highest BCUT2D eigenvalue weighted by Crippen LogP contribution is 2.16. The molecule has 2 atom stereocenters. The largest absolute Gasteiger partial charge is 0.481 e. The highest BCUT2D eigenvalue weighted by Gasteiger charge is 2.31. The molecule has 256 valence electrons. The van der Waals surface area contributed by atoms with Crippen LogP contribution < -0.4 is 10.6 Å². The van der Waals surface area contributed by atoms with E-state index in [4.69, 9.17) is 19.3 Å². The first-order chi connectivity index (χ1) is 20.2. The normalized spacial score (nSPS) is 13.4. The van der Waals surface area contributed by atoms with Gasteiger partial charge in [-0.1, -0.05) is 57.8 Å². The van der Waals surface area contributed by atoms with Gasteiger partial charge in [0, 0.05) is 12.8 Å². The molecule has 0 aliphatic rings. The average Bonchev–Trinajstić information content (AvgIpc) is 2.83. The van der Waals surface area contributed by atoms with Crippen molar-refractivity contribution in [3.8, 4) is 0 Å². The second-order valence-corrected chi connectivity index (χ2v) is 14.4. The van der Waals surface area contributed by atoms with Crippen molar-refractivity contribution < 1.29 is 43.3 Å². The highest BCUT2D eigenvalue weighted by atomic mass is 16.6. The van der Waals surface area contributed by atoms with E-state index in [2.05, 4.69) is 10.6 Å². The standard InChI is InChI=1S/C33H60N2O9/c1-31(2,3)42-27(38)23-22-25(29(40)44-33(7,8)9)35-30(41)34-24(28(39)43-32(4,5)6)20-18-16-14-12-10-11-13-15-17-19-21-26(36)37/h24-25H,10-23H2,1-9H3,(H,36,37)(H2,34,35,41)/t24-,25-/m0/s1. The summed E-state index contributed by atoms with van der Waals surface area (Å²) in [6.07, 6.45) is 10.2. The maximum Gasteiger partial charge on any atom is 0.329 e. The van der Waals surface area contributed by atoms with Gasteiger partial charge in [-0.25, -0.2) is 14.4 Å². The van der Waals surface area contributed by atoms with Gasteiger partial charge < -0.3 is 30.0 Å². The van der Waals surface area contributed by atoms with E-state index in [-0.39, 0.29) is 19.3 Å². The first-order valence-electron chi connectivity index (χ1n) is 16.1. The third-order valence-corrected chi connectivity index (χ3v) is 6.18. The molecule has 0 aliphatic heterocycles. The van der Waals surface area contributed by atoms with Crippen LogP contribution in [-0.4, -0.2) is 63.9 Å². The Morgan fingerprint density at radius 3 is 1.27 bits per heavy atom. The van der Waals surface area contributed by atoms with Crippen molar-refractivity contribution in [2.45, 2.75) is 181 Å². The molecular formula is C33H60N2O9. The van der Waals surface area contributed by atoms with Crippen molar-refractivity contribution in [1.82, 2.24) is 10.6 Å². The van der Waals surface area contributed by atoms with Gasteiger partial charge in [0.25, 0.3) is 0 Å². The van der Waals surface area contributed by atoms with Crippen LogP contribution >= 0.6 is 0 Å². The summed E-state index contributed by atoms with van der Waals surface area (Å²) in [5, 5.41) is 13.9. The fourth-order valence-electron chi connectivity index (χ4n) is 4.30. The number of rotatable bonds is 20. The maximum atomic E-state index is 13.0. The lowest BCUT2D eigenvalue weighted by molar-refractivity contribution is -0.159. The van der Waals surface area contributed by atoms with Crippen LogP contribution in [-0.2, 0) is 33.4 Å². The number of hydrogen-bond acceptors (Lipinski definition) is 8. The summed E-state index contributed by atoms with van der Waals surface area (Å²) in [5.74, 6) is -2.49. The van der Waals surface area contributed by atoms with Crippen LogP contribution in [0.2, 0.25) is 0 Å². The van der Waals surface area contributed by atoms with E-state index in [0.29, 0.717) is 12.8 Å². The summed E-state index contributed by atoms with van der Waals surface area (Å²) >= 11 is 0. The molecule has 0 bridgehead atoms. The number of carbonyl (C=O) groups is 5. The summed E-state index contributed by atoms with van der Waals surface area (Å²) in [5.41, 5.74) is -2.23. The van der Waals surface area contributed by atoms with Crippen molar-refractivity contribution in [3.63, 3.8) is 0 Å². The van der Waals surface area contributed by atoms with Gasteiger partial charge in [0.2, 0.25) is 0 Å². The van der Waals surface area contributed by atoms with Crippen LogP contribution in [0.3, 0.4) is 0 Å². The fourth-order valence-corrected chi connectivity index (χ4v) is 4.30. The number of aliphatic carboxylic acids is 1. The minimum Gasteiger partial charge on any atom is -0.481 e. The number of carboxylic acids is 1. The van der Waals surface area contributed by atoms with Crippen LogP contribution in [0.25, 0.3) is 0 Å². The van der Waals surface area contributed by atoms with Gasteiger partial charge in [-0.05, 0) is 81.6 Å². The first kappa shape index (κ1) is 41.1. The highest BCUT2D eigenvalue weighted by molar-refractivity contribution is 5.87. The van der Waals surface area contributed by atoms with Crippen LogP contribution in [0.15, 0.2) is 0 Å². The third-order valence-electron chi connectivity index (χ3n) is 6.18. The van der Waals surface area contributed by atoms with E-state index in [1.807, 2.05) is 0 Å². The lowest BCUT2D eigenvalue weighted by Crippen LogP contribution is -2.53. The topological polar surface area (TPSA) is 157 Å². The molecule has 0 aliphatic carbocycles. The molecule has 0 spiro atoms. The van der Waals surface area contributed by atoms with Gasteiger partial charge >= 0.3 is 29.9 Å². The van der Waals surface area contributed by atoms with E-state index in [1.54, 1.807) is 62.3 Å². The third kappa shape index (κ3) is 24.6. The first-order valence-corrected chi connectivity index (χ1v) is 16.1. The van der Waals surface area contributed by atoms with E-state index < -0.39 is 58.8 Å². The van der Waals surface area contributed by atoms with Crippen molar-refractivity contribution in [3.05, 3.63) is 0 Å². The zero-order valence-corrected chi connectivity index (χ0v) is 28.8. The summed E-state index contributed by atoms with van der Waals surface area (Å²) in [4.78, 5) is 61.7. The molecule has 0 heterocycles. The monoisotopic (exact) mass is 628 g/mol. The number of unbranched alkanes of at least 4 members (excludes halogenated alkanes) is 9. The molecule has 0 aromatic rings. The van der Waals surface area contributed by atoms with Crippen molar-refractivity contribution >= 4 is 29.9 Å². The molecule has 0 radical (unpaired) electrons. The molecule has 0 fully saturated rings. The van der Waals surface area contributed by atoms with Gasteiger partial charge in [-0.3, -0.25) is 9.59 Å². The quantitative estimate of drug-likeness (QED) is 0.0768. The predicted octanol–water partition coefficient (Wildman–Crippen LogP) is 6.59. The molecule has 11 heteroatoms. The van der Waals surface area contributed by atoms with Gasteiger partial charge in [0.1, 0.15) is 28.9 Å². The number of hydrogen-bond donors (Lipinski definition) is 3. The van der Waals surface area contributed by atoms with Gasteiger partial charge in [-0.15, -0.1) is 0 Å². The maximum absolute atomic E-state index is 13.0. The molecule has 0 unspecified atom stereocenters. The Kier molecular flexibility index (Phi) is 18.9. The Bertz CT molecular complexity index is 898. The number of esters is 3. The van der Waals surface area contributed by atoms with Gasteiger partial charge in [0.15, 0.2) is 0 Å². The van der Waals surface area contributed by atoms with Crippen LogP contribution in [0, 0.1) is 0 Å². The lowest BCUT2D eigenvalue weighted by atomic mass is 10.0. The second kappa shape index (κ2) is 20.2. The predicted molar refractivity (Wildman–Crippen MR) is 169 cm³/mol. The Morgan fingerprint density at radius 1 is 0.523 bits per heavy atom. The summed E-state index contributed by atoms with van der Waals surface area (Å²) < 4.78 is 16.3. The molecule has 2 amide bonds.